The zero-order valence-corrected chi connectivity index (χ0v) is 35.4. The molecule has 1 aliphatic heterocycles. The minimum Gasteiger partial charge on any atom is -0.466 e. The van der Waals surface area contributed by atoms with Crippen LogP contribution >= 0.6 is 0 Å². The smallest absolute Gasteiger partial charge is 0.308 e. The maximum atomic E-state index is 12.4. The van der Waals surface area contributed by atoms with Crippen LogP contribution in [0.3, 0.4) is 0 Å². The first-order valence-electron chi connectivity index (χ1n) is 22.2. The maximum absolute atomic E-state index is 12.4. The molecule has 0 spiro atoms. The summed E-state index contributed by atoms with van der Waals surface area (Å²) in [5, 5.41) is 0. The molecule has 3 atom stereocenters. The topological polar surface area (TPSA) is 65.1 Å². The van der Waals surface area contributed by atoms with Crippen molar-refractivity contribution in [3.8, 4) is 0 Å². The summed E-state index contributed by atoms with van der Waals surface area (Å²) in [4.78, 5) is 27.3. The van der Waals surface area contributed by atoms with E-state index in [0.29, 0.717) is 38.1 Å². The Morgan fingerprint density at radius 3 is 1.81 bits per heavy atom. The Hall–Kier alpha value is -1.92. The summed E-state index contributed by atoms with van der Waals surface area (Å²) in [5.41, 5.74) is 1.23. The first kappa shape index (κ1) is 50.1. The quantitative estimate of drug-likeness (QED) is 0.0559. The van der Waals surface area contributed by atoms with E-state index in [-0.39, 0.29) is 17.9 Å². The summed E-state index contributed by atoms with van der Waals surface area (Å²) in [7, 11) is 0. The van der Waals surface area contributed by atoms with E-state index in [1.165, 1.54) is 69.8 Å². The molecule has 0 N–H and O–H groups in total. The zero-order valence-electron chi connectivity index (χ0n) is 35.4. The number of carbonyl (C=O) groups excluding carboxylic acids is 2. The lowest BCUT2D eigenvalue weighted by atomic mass is 9.87. The van der Waals surface area contributed by atoms with Gasteiger partial charge in [-0.15, -0.1) is 0 Å². The van der Waals surface area contributed by atoms with E-state index < -0.39 is 0 Å². The van der Waals surface area contributed by atoms with E-state index in [1.807, 2.05) is 40.7 Å². The second kappa shape index (κ2) is 37.4. The van der Waals surface area contributed by atoms with Crippen LogP contribution in [0.5, 0.6) is 0 Å². The van der Waals surface area contributed by atoms with Gasteiger partial charge in [0.25, 0.3) is 0 Å². The van der Waals surface area contributed by atoms with Gasteiger partial charge in [-0.25, -0.2) is 0 Å². The predicted octanol–water partition coefficient (Wildman–Crippen LogP) is 12.8. The van der Waals surface area contributed by atoms with Gasteiger partial charge in [0.1, 0.15) is 0 Å². The summed E-state index contributed by atoms with van der Waals surface area (Å²) < 4.78 is 17.1. The van der Waals surface area contributed by atoms with Crippen LogP contribution in [-0.2, 0) is 30.4 Å². The van der Waals surface area contributed by atoms with Gasteiger partial charge in [0.2, 0.25) is 0 Å². The third-order valence-electron chi connectivity index (χ3n) is 10.1. The van der Waals surface area contributed by atoms with Crippen molar-refractivity contribution in [3.63, 3.8) is 0 Å². The summed E-state index contributed by atoms with van der Waals surface area (Å²) in [6, 6.07) is 10.4. The van der Waals surface area contributed by atoms with Crippen molar-refractivity contribution >= 4 is 11.9 Å². The Morgan fingerprint density at radius 1 is 0.654 bits per heavy atom. The molecule has 1 aliphatic rings. The number of unbranched alkanes of at least 4 members (excludes halogenated alkanes) is 12. The average Bonchev–Trinajstić information content (AvgIpc) is 3.57. The Bertz CT molecular complexity index is 909. The van der Waals surface area contributed by atoms with E-state index in [1.54, 1.807) is 0 Å². The molecule has 1 aromatic rings. The molecule has 1 aromatic carbocycles. The van der Waals surface area contributed by atoms with E-state index in [0.717, 1.165) is 90.4 Å². The number of ether oxygens (including phenoxy) is 3. The summed E-state index contributed by atoms with van der Waals surface area (Å²) in [5.74, 6) is 1.35. The van der Waals surface area contributed by atoms with Crippen molar-refractivity contribution in [1.29, 1.82) is 0 Å². The summed E-state index contributed by atoms with van der Waals surface area (Å²) in [6.45, 7) is 20.5. The highest BCUT2D eigenvalue weighted by molar-refractivity contribution is 5.71. The fraction of sp³-hybridized carbons (Fsp3) is 0.826. The number of hydrogen-bond donors (Lipinski definition) is 0. The molecule has 2 rings (SSSR count). The minimum atomic E-state index is -0.0210. The third kappa shape index (κ3) is 27.7. The second-order valence-electron chi connectivity index (χ2n) is 14.5. The van der Waals surface area contributed by atoms with Gasteiger partial charge in [-0.1, -0.05) is 143 Å². The van der Waals surface area contributed by atoms with Crippen molar-refractivity contribution in [2.45, 2.75) is 190 Å². The van der Waals surface area contributed by atoms with Gasteiger partial charge >= 0.3 is 11.9 Å². The summed E-state index contributed by atoms with van der Waals surface area (Å²) >= 11 is 0. The maximum Gasteiger partial charge on any atom is 0.308 e. The van der Waals surface area contributed by atoms with Crippen molar-refractivity contribution in [1.82, 2.24) is 4.90 Å². The first-order chi connectivity index (χ1) is 25.5. The first-order valence-corrected chi connectivity index (χ1v) is 22.2. The molecule has 52 heavy (non-hydrogen) atoms. The van der Waals surface area contributed by atoms with Crippen LogP contribution in [0, 0.1) is 17.8 Å². The number of hydrogen-bond acceptors (Lipinski definition) is 6. The predicted molar refractivity (Wildman–Crippen MR) is 222 cm³/mol. The molecule has 1 fully saturated rings. The van der Waals surface area contributed by atoms with Gasteiger partial charge in [0.15, 0.2) is 0 Å². The van der Waals surface area contributed by atoms with Crippen molar-refractivity contribution in [2.24, 2.45) is 17.8 Å². The van der Waals surface area contributed by atoms with Crippen molar-refractivity contribution in [3.05, 3.63) is 35.9 Å². The van der Waals surface area contributed by atoms with Crippen LogP contribution in [-0.4, -0.2) is 56.3 Å². The van der Waals surface area contributed by atoms with E-state index >= 15 is 0 Å². The number of rotatable bonds is 31. The van der Waals surface area contributed by atoms with Gasteiger partial charge in [-0.2, -0.15) is 0 Å². The fourth-order valence-corrected chi connectivity index (χ4v) is 6.99. The Labute approximate surface area is 322 Å². The highest BCUT2D eigenvalue weighted by atomic mass is 16.5. The number of nitrogens with zero attached hydrogens (tertiary/aromatic N) is 1. The SMILES string of the molecule is CC.CC.CCCCCCCCCC(=O)OCCCCC1CN(CCCCOCc2ccccc2)CC1CCCCOC(=O)C(C)CCCCCC. The summed E-state index contributed by atoms with van der Waals surface area (Å²) in [6.07, 6.45) is 23.6. The van der Waals surface area contributed by atoms with Gasteiger partial charge < -0.3 is 19.1 Å². The van der Waals surface area contributed by atoms with Gasteiger partial charge in [-0.05, 0) is 88.2 Å². The molecule has 0 bridgehead atoms. The van der Waals surface area contributed by atoms with E-state index in [4.69, 9.17) is 14.2 Å². The molecule has 6 nitrogen and oxygen atoms in total. The molecule has 304 valence electrons. The van der Waals surface area contributed by atoms with Gasteiger partial charge in [0.05, 0.1) is 25.7 Å². The van der Waals surface area contributed by atoms with Gasteiger partial charge in [-0.3, -0.25) is 9.59 Å². The number of carbonyl (C=O) groups is 2. The van der Waals surface area contributed by atoms with Crippen molar-refractivity contribution < 1.29 is 23.8 Å². The zero-order chi connectivity index (χ0) is 38.5. The second-order valence-corrected chi connectivity index (χ2v) is 14.5. The lowest BCUT2D eigenvalue weighted by Gasteiger charge is -2.18. The molecule has 0 amide bonds. The lowest BCUT2D eigenvalue weighted by molar-refractivity contribution is -0.148. The molecule has 0 radical (unpaired) electrons. The number of benzene rings is 1. The van der Waals surface area contributed by atoms with Crippen LogP contribution in [0.4, 0.5) is 0 Å². The molecule has 1 saturated heterocycles. The monoisotopic (exact) mass is 732 g/mol. The molecular weight excluding hydrogens is 647 g/mol. The van der Waals surface area contributed by atoms with Crippen molar-refractivity contribution in [2.75, 3.05) is 39.5 Å². The van der Waals surface area contributed by atoms with E-state index in [2.05, 4.69) is 43.0 Å². The standard InChI is InChI=1S/C42H73NO5.2C2H6/c1-4-6-8-10-11-12-17-29-41(44)47-32-21-18-27-39-34-43(30-20-23-31-46-36-38-25-15-13-16-26-38)35-40(39)28-19-22-33-48-42(45)37(3)24-14-9-7-5-2;2*1-2/h13,15-16,25-26,37,39-40H,4-12,14,17-24,27-36H2,1-3H3;2*1-2H3. The largest absolute Gasteiger partial charge is 0.466 e. The van der Waals surface area contributed by atoms with Crippen LogP contribution in [0.1, 0.15) is 189 Å². The highest BCUT2D eigenvalue weighted by Crippen LogP contribution is 2.32. The van der Waals surface area contributed by atoms with E-state index in [9.17, 15) is 9.59 Å². The van der Waals surface area contributed by atoms with Crippen LogP contribution in [0.15, 0.2) is 30.3 Å². The normalized spacial score (nSPS) is 16.0. The van der Waals surface area contributed by atoms with Crippen LogP contribution in [0.2, 0.25) is 0 Å². The minimum absolute atomic E-state index is 0.0120. The van der Waals surface area contributed by atoms with Crippen LogP contribution in [0.25, 0.3) is 0 Å². The highest BCUT2D eigenvalue weighted by Gasteiger charge is 2.31. The Balaban J connectivity index is 0.00000627. The lowest BCUT2D eigenvalue weighted by Crippen LogP contribution is -2.22. The fourth-order valence-electron chi connectivity index (χ4n) is 6.99. The Kier molecular flexibility index (Phi) is 36.0. The molecule has 6 heteroatoms. The number of likely N-dealkylation sites (tertiary alicyclic amines) is 1. The molecular formula is C46H85NO5. The number of esters is 2. The molecule has 0 aromatic heterocycles. The molecule has 0 saturated carbocycles. The average molecular weight is 732 g/mol. The molecule has 1 heterocycles. The third-order valence-corrected chi connectivity index (χ3v) is 10.1. The Morgan fingerprint density at radius 2 is 1.19 bits per heavy atom. The van der Waals surface area contributed by atoms with Gasteiger partial charge in [0, 0.05) is 26.1 Å². The molecule has 3 unspecified atom stereocenters. The molecule has 0 aliphatic carbocycles. The van der Waals surface area contributed by atoms with Crippen LogP contribution < -0.4 is 0 Å².